The predicted molar refractivity (Wildman–Crippen MR) is 107 cm³/mol. The highest BCUT2D eigenvalue weighted by atomic mass is 35.5. The number of carbonyl (C=O) groups is 3. The van der Waals surface area contributed by atoms with Gasteiger partial charge in [-0.15, -0.1) is 0 Å². The Balaban J connectivity index is 1.59. The van der Waals surface area contributed by atoms with Gasteiger partial charge in [-0.1, -0.05) is 53.6 Å². The van der Waals surface area contributed by atoms with Crippen molar-refractivity contribution in [2.45, 2.75) is 25.8 Å². The molecular weight excluding hydrogens is 378 g/mol. The molecule has 0 radical (unpaired) electrons. The Morgan fingerprint density at radius 3 is 2.57 bits per heavy atom. The van der Waals surface area contributed by atoms with Crippen LogP contribution in [0.3, 0.4) is 0 Å². The molecule has 1 heterocycles. The average molecular weight is 400 g/mol. The molecule has 0 aliphatic carbocycles. The number of benzene rings is 2. The minimum Gasteiger partial charge on any atom is -0.354 e. The van der Waals surface area contributed by atoms with Crippen LogP contribution in [0.15, 0.2) is 48.5 Å². The first kappa shape index (κ1) is 19.9. The maximum absolute atomic E-state index is 12.8. The lowest BCUT2D eigenvalue weighted by Crippen LogP contribution is -2.43. The Morgan fingerprint density at radius 1 is 1.18 bits per heavy atom. The number of imide groups is 1. The van der Waals surface area contributed by atoms with Crippen LogP contribution < -0.4 is 10.6 Å². The van der Waals surface area contributed by atoms with E-state index in [1.54, 1.807) is 13.0 Å². The maximum atomic E-state index is 12.8. The molecule has 7 heteroatoms. The molecule has 0 spiro atoms. The van der Waals surface area contributed by atoms with Gasteiger partial charge in [0.05, 0.1) is 0 Å². The van der Waals surface area contributed by atoms with Crippen LogP contribution in [-0.2, 0) is 21.5 Å². The molecule has 1 fully saturated rings. The highest BCUT2D eigenvalue weighted by molar-refractivity contribution is 6.30. The SMILES string of the molecule is Cc1ccc(C2(C)NC(=O)N(CC(=O)NCCc3cccc(Cl)c3)C2=O)cc1. The van der Waals surface area contributed by atoms with E-state index in [1.165, 1.54) is 0 Å². The molecule has 3 rings (SSSR count). The lowest BCUT2D eigenvalue weighted by atomic mass is 9.91. The number of nitrogens with zero attached hydrogens (tertiary/aromatic N) is 1. The molecule has 146 valence electrons. The Hall–Kier alpha value is -2.86. The number of nitrogens with one attached hydrogen (secondary N) is 2. The standard InChI is InChI=1S/C21H22ClN3O3/c1-14-6-8-16(9-7-14)21(2)19(27)25(20(28)24-21)13-18(26)23-11-10-15-4-3-5-17(22)12-15/h3-9,12H,10-11,13H2,1-2H3,(H,23,26)(H,24,28). The van der Waals surface area contributed by atoms with Crippen LogP contribution >= 0.6 is 11.6 Å². The number of amides is 4. The second kappa shape index (κ2) is 8.02. The number of urea groups is 1. The fourth-order valence-electron chi connectivity index (χ4n) is 3.16. The topological polar surface area (TPSA) is 78.5 Å². The van der Waals surface area contributed by atoms with Gasteiger partial charge in [0.15, 0.2) is 0 Å². The molecule has 2 aromatic rings. The molecule has 4 amide bonds. The fourth-order valence-corrected chi connectivity index (χ4v) is 3.37. The van der Waals surface area contributed by atoms with Crippen molar-refractivity contribution in [2.24, 2.45) is 0 Å². The summed E-state index contributed by atoms with van der Waals surface area (Å²) in [4.78, 5) is 38.3. The fraction of sp³-hybridized carbons (Fsp3) is 0.286. The summed E-state index contributed by atoms with van der Waals surface area (Å²) in [6, 6.07) is 14.2. The van der Waals surface area contributed by atoms with Crippen molar-refractivity contribution < 1.29 is 14.4 Å². The summed E-state index contributed by atoms with van der Waals surface area (Å²) < 4.78 is 0. The minimum absolute atomic E-state index is 0.318. The molecule has 0 bridgehead atoms. The van der Waals surface area contributed by atoms with Gasteiger partial charge < -0.3 is 10.6 Å². The number of hydrogen-bond donors (Lipinski definition) is 2. The Labute approximate surface area is 168 Å². The van der Waals surface area contributed by atoms with E-state index in [2.05, 4.69) is 10.6 Å². The van der Waals surface area contributed by atoms with E-state index < -0.39 is 23.4 Å². The van der Waals surface area contributed by atoms with Crippen molar-refractivity contribution in [3.05, 3.63) is 70.2 Å². The third-order valence-electron chi connectivity index (χ3n) is 4.83. The molecule has 0 aromatic heterocycles. The van der Waals surface area contributed by atoms with Gasteiger partial charge in [-0.05, 0) is 43.5 Å². The maximum Gasteiger partial charge on any atom is 0.325 e. The van der Waals surface area contributed by atoms with Gasteiger partial charge in [-0.3, -0.25) is 14.5 Å². The lowest BCUT2D eigenvalue weighted by Gasteiger charge is -2.22. The van der Waals surface area contributed by atoms with Gasteiger partial charge in [0.2, 0.25) is 5.91 Å². The molecule has 6 nitrogen and oxygen atoms in total. The number of rotatable bonds is 6. The van der Waals surface area contributed by atoms with Gasteiger partial charge in [0.1, 0.15) is 12.1 Å². The zero-order valence-electron chi connectivity index (χ0n) is 15.8. The zero-order chi connectivity index (χ0) is 20.3. The number of halogens is 1. The summed E-state index contributed by atoms with van der Waals surface area (Å²) in [5.41, 5.74) is 1.56. The van der Waals surface area contributed by atoms with E-state index in [-0.39, 0.29) is 6.54 Å². The molecule has 28 heavy (non-hydrogen) atoms. The van der Waals surface area contributed by atoms with Crippen molar-refractivity contribution in [1.29, 1.82) is 0 Å². The molecule has 1 aliphatic heterocycles. The molecule has 2 aromatic carbocycles. The van der Waals surface area contributed by atoms with E-state index in [0.717, 1.165) is 16.0 Å². The summed E-state index contributed by atoms with van der Waals surface area (Å²) in [7, 11) is 0. The summed E-state index contributed by atoms with van der Waals surface area (Å²) >= 11 is 5.94. The predicted octanol–water partition coefficient (Wildman–Crippen LogP) is 2.77. The molecule has 1 atom stereocenters. The molecular formula is C21H22ClN3O3. The number of hydrogen-bond acceptors (Lipinski definition) is 3. The van der Waals surface area contributed by atoms with Crippen LogP contribution in [-0.4, -0.2) is 35.8 Å². The monoisotopic (exact) mass is 399 g/mol. The third-order valence-corrected chi connectivity index (χ3v) is 5.07. The smallest absolute Gasteiger partial charge is 0.325 e. The normalized spacial score (nSPS) is 18.9. The van der Waals surface area contributed by atoms with E-state index >= 15 is 0 Å². The molecule has 1 unspecified atom stereocenters. The number of aryl methyl sites for hydroxylation is 1. The van der Waals surface area contributed by atoms with E-state index in [0.29, 0.717) is 23.6 Å². The summed E-state index contributed by atoms with van der Waals surface area (Å²) in [6.07, 6.45) is 0.605. The Bertz CT molecular complexity index is 913. The largest absolute Gasteiger partial charge is 0.354 e. The minimum atomic E-state index is -1.17. The highest BCUT2D eigenvalue weighted by Crippen LogP contribution is 2.28. The van der Waals surface area contributed by atoms with Crippen molar-refractivity contribution in [2.75, 3.05) is 13.1 Å². The van der Waals surface area contributed by atoms with Crippen molar-refractivity contribution in [1.82, 2.24) is 15.5 Å². The van der Waals surface area contributed by atoms with Crippen LogP contribution in [0.1, 0.15) is 23.6 Å². The Kier molecular flexibility index (Phi) is 5.70. The van der Waals surface area contributed by atoms with Crippen LogP contribution in [0, 0.1) is 6.92 Å². The van der Waals surface area contributed by atoms with Crippen molar-refractivity contribution in [3.63, 3.8) is 0 Å². The molecule has 2 N–H and O–H groups in total. The first-order valence-corrected chi connectivity index (χ1v) is 9.40. The van der Waals surface area contributed by atoms with Gasteiger partial charge >= 0.3 is 6.03 Å². The first-order valence-electron chi connectivity index (χ1n) is 9.02. The van der Waals surface area contributed by atoms with Gasteiger partial charge in [-0.25, -0.2) is 4.79 Å². The van der Waals surface area contributed by atoms with Gasteiger partial charge in [0, 0.05) is 11.6 Å². The van der Waals surface area contributed by atoms with Gasteiger partial charge in [0.25, 0.3) is 5.91 Å². The zero-order valence-corrected chi connectivity index (χ0v) is 16.5. The second-order valence-electron chi connectivity index (χ2n) is 7.04. The van der Waals surface area contributed by atoms with Crippen LogP contribution in [0.25, 0.3) is 0 Å². The molecule has 1 aliphatic rings. The van der Waals surface area contributed by atoms with Gasteiger partial charge in [-0.2, -0.15) is 0 Å². The first-order chi connectivity index (χ1) is 13.3. The summed E-state index contributed by atoms with van der Waals surface area (Å²) in [6.45, 7) is 3.66. The van der Waals surface area contributed by atoms with Crippen LogP contribution in [0.4, 0.5) is 4.79 Å². The molecule has 0 saturated carbocycles. The quantitative estimate of drug-likeness (QED) is 0.733. The lowest BCUT2D eigenvalue weighted by molar-refractivity contribution is -0.134. The van der Waals surface area contributed by atoms with E-state index in [9.17, 15) is 14.4 Å². The van der Waals surface area contributed by atoms with E-state index in [1.807, 2.05) is 49.4 Å². The highest BCUT2D eigenvalue weighted by Gasteiger charge is 2.49. The van der Waals surface area contributed by atoms with Crippen LogP contribution in [0.5, 0.6) is 0 Å². The summed E-state index contributed by atoms with van der Waals surface area (Å²) in [5.74, 6) is -0.829. The second-order valence-corrected chi connectivity index (χ2v) is 7.48. The summed E-state index contributed by atoms with van der Waals surface area (Å²) in [5, 5.41) is 6.08. The number of carbonyl (C=O) groups excluding carboxylic acids is 3. The Morgan fingerprint density at radius 2 is 1.89 bits per heavy atom. The van der Waals surface area contributed by atoms with Crippen molar-refractivity contribution >= 4 is 29.4 Å². The third kappa shape index (κ3) is 4.17. The van der Waals surface area contributed by atoms with Crippen LogP contribution in [0.2, 0.25) is 5.02 Å². The van der Waals surface area contributed by atoms with E-state index in [4.69, 9.17) is 11.6 Å². The molecule has 1 saturated heterocycles. The average Bonchev–Trinajstić information content (AvgIpc) is 2.86. The van der Waals surface area contributed by atoms with Crippen molar-refractivity contribution in [3.8, 4) is 0 Å².